The third kappa shape index (κ3) is 4.34. The van der Waals surface area contributed by atoms with E-state index in [9.17, 15) is 9.59 Å². The first kappa shape index (κ1) is 16.7. The molecular formula is C15H25NO4. The molecular weight excluding hydrogens is 258 g/mol. The van der Waals surface area contributed by atoms with E-state index in [1.807, 2.05) is 11.8 Å². The molecule has 1 rings (SSSR count). The number of nitrogens with zero attached hydrogens (tertiary/aromatic N) is 1. The van der Waals surface area contributed by atoms with Crippen molar-refractivity contribution in [3.8, 4) is 0 Å². The highest BCUT2D eigenvalue weighted by molar-refractivity contribution is 5.77. The second-order valence-electron chi connectivity index (χ2n) is 5.07. The summed E-state index contributed by atoms with van der Waals surface area (Å²) in [6, 6.07) is 0. The number of carbonyl (C=O) groups is 2. The molecule has 0 aromatic rings. The summed E-state index contributed by atoms with van der Waals surface area (Å²) in [6.45, 7) is 9.83. The van der Waals surface area contributed by atoms with Crippen LogP contribution in [0.1, 0.15) is 33.1 Å². The van der Waals surface area contributed by atoms with Gasteiger partial charge in [-0.1, -0.05) is 6.08 Å². The molecule has 114 valence electrons. The van der Waals surface area contributed by atoms with Crippen molar-refractivity contribution in [3.63, 3.8) is 0 Å². The number of esters is 2. The van der Waals surface area contributed by atoms with Crippen molar-refractivity contribution in [1.82, 2.24) is 4.90 Å². The fraction of sp³-hybridized carbons (Fsp3) is 0.733. The Morgan fingerprint density at radius 2 is 1.80 bits per heavy atom. The van der Waals surface area contributed by atoms with E-state index >= 15 is 0 Å². The van der Waals surface area contributed by atoms with Gasteiger partial charge in [0.2, 0.25) is 0 Å². The number of piperidine rings is 1. The maximum Gasteiger partial charge on any atom is 0.320 e. The minimum atomic E-state index is -0.469. The van der Waals surface area contributed by atoms with Crippen LogP contribution in [0.5, 0.6) is 0 Å². The van der Waals surface area contributed by atoms with E-state index in [4.69, 9.17) is 9.47 Å². The van der Waals surface area contributed by atoms with E-state index in [1.165, 1.54) is 0 Å². The molecule has 0 aromatic carbocycles. The van der Waals surface area contributed by atoms with Gasteiger partial charge < -0.3 is 9.47 Å². The molecule has 1 aliphatic rings. The summed E-state index contributed by atoms with van der Waals surface area (Å²) >= 11 is 0. The van der Waals surface area contributed by atoms with Crippen LogP contribution < -0.4 is 0 Å². The molecule has 1 saturated heterocycles. The number of ether oxygens (including phenoxy) is 2. The Labute approximate surface area is 120 Å². The summed E-state index contributed by atoms with van der Waals surface area (Å²) in [5, 5.41) is 0. The van der Waals surface area contributed by atoms with Crippen molar-refractivity contribution in [2.75, 3.05) is 32.8 Å². The molecule has 1 heterocycles. The maximum atomic E-state index is 12.2. The summed E-state index contributed by atoms with van der Waals surface area (Å²) in [5.41, 5.74) is -0.469. The number of hydrogen-bond donors (Lipinski definition) is 0. The molecule has 0 atom stereocenters. The van der Waals surface area contributed by atoms with Crippen LogP contribution in [0.3, 0.4) is 0 Å². The van der Waals surface area contributed by atoms with Crippen molar-refractivity contribution in [3.05, 3.63) is 12.7 Å². The predicted octanol–water partition coefficient (Wildman–Crippen LogP) is 1.77. The molecule has 5 heteroatoms. The van der Waals surface area contributed by atoms with Gasteiger partial charge in [-0.05, 0) is 46.2 Å². The van der Waals surface area contributed by atoms with Gasteiger partial charge in [0.1, 0.15) is 0 Å². The minimum Gasteiger partial charge on any atom is -0.466 e. The second kappa shape index (κ2) is 8.04. The number of allylic oxidation sites excluding steroid dienone is 1. The summed E-state index contributed by atoms with van der Waals surface area (Å²) < 4.78 is 10.1. The number of carbonyl (C=O) groups excluding carboxylic acids is 2. The Hall–Kier alpha value is -1.36. The van der Waals surface area contributed by atoms with Crippen molar-refractivity contribution < 1.29 is 19.1 Å². The van der Waals surface area contributed by atoms with Crippen LogP contribution in [-0.4, -0.2) is 49.7 Å². The van der Waals surface area contributed by atoms with Gasteiger partial charge in [0.05, 0.1) is 25.2 Å². The molecule has 5 nitrogen and oxygen atoms in total. The smallest absolute Gasteiger partial charge is 0.320 e. The average Bonchev–Trinajstić information content (AvgIpc) is 2.42. The quantitative estimate of drug-likeness (QED) is 0.526. The molecule has 0 bridgehead atoms. The first-order valence-electron chi connectivity index (χ1n) is 7.24. The zero-order valence-electron chi connectivity index (χ0n) is 12.5. The maximum absolute atomic E-state index is 12.2. The lowest BCUT2D eigenvalue weighted by atomic mass is 9.75. The van der Waals surface area contributed by atoms with Crippen LogP contribution in [0.15, 0.2) is 12.7 Å². The number of hydrogen-bond acceptors (Lipinski definition) is 5. The van der Waals surface area contributed by atoms with Gasteiger partial charge >= 0.3 is 11.9 Å². The number of likely N-dealkylation sites (tertiary alicyclic amines) is 1. The van der Waals surface area contributed by atoms with Gasteiger partial charge in [-0.2, -0.15) is 0 Å². The zero-order valence-corrected chi connectivity index (χ0v) is 12.5. The lowest BCUT2D eigenvalue weighted by Crippen LogP contribution is -2.46. The molecule has 20 heavy (non-hydrogen) atoms. The van der Waals surface area contributed by atoms with E-state index in [-0.39, 0.29) is 11.9 Å². The molecule has 1 fully saturated rings. The van der Waals surface area contributed by atoms with Crippen molar-refractivity contribution in [2.45, 2.75) is 33.1 Å². The van der Waals surface area contributed by atoms with Gasteiger partial charge in [0.25, 0.3) is 0 Å². The Balaban J connectivity index is 2.57. The third-order valence-electron chi connectivity index (χ3n) is 3.71. The van der Waals surface area contributed by atoms with E-state index in [1.54, 1.807) is 13.0 Å². The number of rotatable bonds is 7. The van der Waals surface area contributed by atoms with E-state index < -0.39 is 5.41 Å². The monoisotopic (exact) mass is 283 g/mol. The summed E-state index contributed by atoms with van der Waals surface area (Å²) in [5.74, 6) is -0.351. The van der Waals surface area contributed by atoms with Crippen LogP contribution in [0, 0.1) is 5.41 Å². The van der Waals surface area contributed by atoms with Gasteiger partial charge in [-0.3, -0.25) is 14.5 Å². The highest BCUT2D eigenvalue weighted by Gasteiger charge is 2.41. The largest absolute Gasteiger partial charge is 0.466 e. The summed E-state index contributed by atoms with van der Waals surface area (Å²) in [4.78, 5) is 25.7. The van der Waals surface area contributed by atoms with Crippen molar-refractivity contribution >= 4 is 11.9 Å². The van der Waals surface area contributed by atoms with Gasteiger partial charge in [0.15, 0.2) is 0 Å². The Bertz CT molecular complexity index is 346. The molecule has 0 aromatic heterocycles. The average molecular weight is 283 g/mol. The Morgan fingerprint density at radius 1 is 1.20 bits per heavy atom. The van der Waals surface area contributed by atoms with E-state index in [0.717, 1.165) is 0 Å². The minimum absolute atomic E-state index is 0.143. The summed E-state index contributed by atoms with van der Waals surface area (Å²) in [6.07, 6.45) is 3.78. The fourth-order valence-electron chi connectivity index (χ4n) is 2.58. The van der Waals surface area contributed by atoms with Crippen LogP contribution in [0.4, 0.5) is 0 Å². The van der Waals surface area contributed by atoms with Crippen LogP contribution in [-0.2, 0) is 19.1 Å². The van der Waals surface area contributed by atoms with Crippen LogP contribution in [0.25, 0.3) is 0 Å². The molecule has 0 amide bonds. The van der Waals surface area contributed by atoms with Gasteiger partial charge in [-0.25, -0.2) is 0 Å². The van der Waals surface area contributed by atoms with Gasteiger partial charge in [-0.15, -0.1) is 6.58 Å². The first-order valence-corrected chi connectivity index (χ1v) is 7.24. The summed E-state index contributed by atoms with van der Waals surface area (Å²) in [7, 11) is 0. The molecule has 0 aliphatic carbocycles. The molecule has 0 saturated carbocycles. The molecule has 0 radical (unpaired) electrons. The third-order valence-corrected chi connectivity index (χ3v) is 3.71. The standard InChI is InChI=1S/C15H25NO4/c1-4-7-15(14(18)20-6-3)8-10-16(11-9-15)12-13(17)19-5-2/h4H,1,5-12H2,2-3H3. The first-order chi connectivity index (χ1) is 9.57. The Kier molecular flexibility index (Phi) is 6.71. The SMILES string of the molecule is C=CCC1(C(=O)OCC)CCN(CC(=O)OCC)CC1. The Morgan fingerprint density at radius 3 is 2.30 bits per heavy atom. The van der Waals surface area contributed by atoms with Gasteiger partial charge in [0, 0.05) is 0 Å². The van der Waals surface area contributed by atoms with E-state index in [0.29, 0.717) is 52.1 Å². The van der Waals surface area contributed by atoms with Crippen LogP contribution >= 0.6 is 0 Å². The molecule has 0 spiro atoms. The molecule has 1 aliphatic heterocycles. The van der Waals surface area contributed by atoms with E-state index in [2.05, 4.69) is 6.58 Å². The fourth-order valence-corrected chi connectivity index (χ4v) is 2.58. The van der Waals surface area contributed by atoms with Crippen molar-refractivity contribution in [2.24, 2.45) is 5.41 Å². The van der Waals surface area contributed by atoms with Crippen molar-refractivity contribution in [1.29, 1.82) is 0 Å². The molecule has 0 unspecified atom stereocenters. The molecule has 0 N–H and O–H groups in total. The normalized spacial score (nSPS) is 18.3. The zero-order chi connectivity index (χ0) is 15.0. The van der Waals surface area contributed by atoms with Crippen LogP contribution in [0.2, 0.25) is 0 Å². The highest BCUT2D eigenvalue weighted by atomic mass is 16.5. The highest BCUT2D eigenvalue weighted by Crippen LogP contribution is 2.36. The second-order valence-corrected chi connectivity index (χ2v) is 5.07. The lowest BCUT2D eigenvalue weighted by molar-refractivity contribution is -0.158. The lowest BCUT2D eigenvalue weighted by Gasteiger charge is -2.39. The predicted molar refractivity (Wildman–Crippen MR) is 76.2 cm³/mol. The topological polar surface area (TPSA) is 55.8 Å².